The number of hydrogen-bond acceptors (Lipinski definition) is 6. The van der Waals surface area contributed by atoms with Gasteiger partial charge in [-0.1, -0.05) is 6.92 Å². The van der Waals surface area contributed by atoms with Gasteiger partial charge in [0.05, 0.1) is 0 Å². The van der Waals surface area contributed by atoms with E-state index in [0.717, 1.165) is 6.42 Å². The highest BCUT2D eigenvalue weighted by atomic mass is 32.2. The van der Waals surface area contributed by atoms with E-state index in [1.807, 2.05) is 6.92 Å². The van der Waals surface area contributed by atoms with Crippen molar-refractivity contribution in [2.75, 3.05) is 0 Å². The molecule has 19 heavy (non-hydrogen) atoms. The molecule has 1 heterocycles. The third-order valence-corrected chi connectivity index (χ3v) is 3.72. The van der Waals surface area contributed by atoms with E-state index in [-0.39, 0.29) is 27.5 Å². The molecular formula is C9H15NO6S3. The van der Waals surface area contributed by atoms with Gasteiger partial charge in [-0.2, -0.15) is 25.4 Å². The van der Waals surface area contributed by atoms with Crippen LogP contribution >= 0.6 is 25.3 Å². The molecule has 1 unspecified atom stereocenters. The maximum Gasteiger partial charge on any atom is 0.368 e. The molecule has 0 bridgehead atoms. The molecule has 1 N–H and O–H groups in total. The molecule has 0 spiro atoms. The Morgan fingerprint density at radius 3 is 1.95 bits per heavy atom. The van der Waals surface area contributed by atoms with Crippen LogP contribution in [0.2, 0.25) is 0 Å². The van der Waals surface area contributed by atoms with Crippen molar-refractivity contribution in [3.63, 3.8) is 0 Å². The zero-order valence-corrected chi connectivity index (χ0v) is 12.7. The Labute approximate surface area is 122 Å². The summed E-state index contributed by atoms with van der Waals surface area (Å²) in [4.78, 5) is 31.4. The number of hydrogen-bond donors (Lipinski definition) is 3. The van der Waals surface area contributed by atoms with Gasteiger partial charge in [-0.05, 0) is 6.42 Å². The number of nitrogens with zero attached hydrogens (tertiary/aromatic N) is 1. The predicted octanol–water partition coefficient (Wildman–Crippen LogP) is 0.479. The summed E-state index contributed by atoms with van der Waals surface area (Å²) in [6.07, 6.45) is 1.09. The van der Waals surface area contributed by atoms with Crippen LogP contribution in [0.5, 0.6) is 0 Å². The molecule has 1 saturated heterocycles. The zero-order valence-electron chi connectivity index (χ0n) is 10.1. The molecule has 0 aromatic rings. The van der Waals surface area contributed by atoms with Crippen LogP contribution in [-0.4, -0.2) is 39.5 Å². The monoisotopic (exact) mass is 329 g/mol. The highest BCUT2D eigenvalue weighted by molar-refractivity contribution is 7.96. The third kappa shape index (κ3) is 6.95. The fourth-order valence-electron chi connectivity index (χ4n) is 1.16. The quantitative estimate of drug-likeness (QED) is 0.393. The van der Waals surface area contributed by atoms with E-state index in [1.165, 1.54) is 0 Å². The molecule has 2 amide bonds. The first-order valence-corrected chi connectivity index (χ1v) is 7.68. The average Bonchev–Trinajstić information content (AvgIpc) is 2.57. The van der Waals surface area contributed by atoms with Gasteiger partial charge < -0.3 is 0 Å². The van der Waals surface area contributed by atoms with Gasteiger partial charge in [0.2, 0.25) is 11.8 Å². The third-order valence-electron chi connectivity index (χ3n) is 2.12. The molecule has 1 rings (SSSR count). The molecule has 1 fully saturated rings. The number of imide groups is 1. The highest BCUT2D eigenvalue weighted by Gasteiger charge is 2.37. The van der Waals surface area contributed by atoms with Gasteiger partial charge in [0.15, 0.2) is 5.12 Å². The summed E-state index contributed by atoms with van der Waals surface area (Å²) in [5.41, 5.74) is 0. The number of amides is 2. The number of thiol groups is 2. The van der Waals surface area contributed by atoms with E-state index in [1.54, 1.807) is 0 Å². The van der Waals surface area contributed by atoms with Crippen molar-refractivity contribution in [2.45, 2.75) is 37.9 Å². The Hall–Kier alpha value is -0.580. The van der Waals surface area contributed by atoms with Crippen LogP contribution in [-0.2, 0) is 24.7 Å². The Kier molecular flexibility index (Phi) is 7.64. The lowest BCUT2D eigenvalue weighted by Crippen LogP contribution is -2.34. The number of carbonyl (C=O) groups is 3. The van der Waals surface area contributed by atoms with Crippen LogP contribution in [0, 0.1) is 0 Å². The second kappa shape index (κ2) is 7.88. The van der Waals surface area contributed by atoms with Crippen molar-refractivity contribution in [1.29, 1.82) is 0 Å². The van der Waals surface area contributed by atoms with Gasteiger partial charge in [0.25, 0.3) is 0 Å². The Morgan fingerprint density at radius 1 is 1.37 bits per heavy atom. The lowest BCUT2D eigenvalue weighted by molar-refractivity contribution is -0.132. The minimum absolute atomic E-state index is 0.0770. The molecule has 1 aliphatic heterocycles. The first-order chi connectivity index (χ1) is 8.59. The molecule has 1 atom stereocenters. The predicted molar refractivity (Wildman–Crippen MR) is 74.3 cm³/mol. The summed E-state index contributed by atoms with van der Waals surface area (Å²) in [6.45, 7) is 1.99. The fourth-order valence-corrected chi connectivity index (χ4v) is 2.39. The van der Waals surface area contributed by atoms with Crippen molar-refractivity contribution >= 4 is 52.5 Å². The lowest BCUT2D eigenvalue weighted by atomic mass is 10.3. The van der Waals surface area contributed by atoms with Gasteiger partial charge in [-0.3, -0.25) is 18.9 Å². The Bertz CT molecular complexity index is 445. The van der Waals surface area contributed by atoms with Crippen molar-refractivity contribution in [2.24, 2.45) is 0 Å². The standard InChI is InChI=1S/C5H10OS2.C4H5NO5S/c1-2-4(7)3-5(6)8;6-3-1-2-4(7)5(3)11(8,9)10/h4,7H,2-3H2,1H3,(H,6,8);1-2H2,(H,8,9,10). The van der Waals surface area contributed by atoms with E-state index in [0.29, 0.717) is 6.42 Å². The van der Waals surface area contributed by atoms with E-state index in [2.05, 4.69) is 25.3 Å². The van der Waals surface area contributed by atoms with Gasteiger partial charge in [-0.15, -0.1) is 12.6 Å². The molecule has 0 radical (unpaired) electrons. The maximum absolute atomic E-state index is 10.6. The minimum Gasteiger partial charge on any atom is -0.287 e. The maximum atomic E-state index is 10.6. The van der Waals surface area contributed by atoms with E-state index in [9.17, 15) is 22.8 Å². The highest BCUT2D eigenvalue weighted by Crippen LogP contribution is 2.14. The van der Waals surface area contributed by atoms with Crippen LogP contribution in [0.1, 0.15) is 32.6 Å². The second-order valence-electron chi connectivity index (χ2n) is 3.69. The van der Waals surface area contributed by atoms with Crippen molar-refractivity contribution in [3.05, 3.63) is 0 Å². The normalized spacial score (nSPS) is 16.9. The molecule has 0 aromatic carbocycles. The lowest BCUT2D eigenvalue weighted by Gasteiger charge is -2.06. The Morgan fingerprint density at radius 2 is 1.79 bits per heavy atom. The van der Waals surface area contributed by atoms with E-state index >= 15 is 0 Å². The summed E-state index contributed by atoms with van der Waals surface area (Å²) in [7, 11) is -4.67. The molecule has 110 valence electrons. The van der Waals surface area contributed by atoms with Gasteiger partial charge >= 0.3 is 10.3 Å². The van der Waals surface area contributed by atoms with Crippen molar-refractivity contribution in [1.82, 2.24) is 4.31 Å². The van der Waals surface area contributed by atoms with Gasteiger partial charge in [0.1, 0.15) is 0 Å². The molecule has 10 heteroatoms. The number of carbonyl (C=O) groups excluding carboxylic acids is 3. The molecular weight excluding hydrogens is 314 g/mol. The summed E-state index contributed by atoms with van der Waals surface area (Å²) < 4.78 is 28.8. The fraction of sp³-hybridized carbons (Fsp3) is 0.667. The molecule has 0 saturated carbocycles. The summed E-state index contributed by atoms with van der Waals surface area (Å²) in [5, 5.41) is 0.117. The summed E-state index contributed by atoms with van der Waals surface area (Å²) in [6, 6.07) is 0. The first kappa shape index (κ1) is 18.4. The minimum atomic E-state index is -4.67. The molecule has 7 nitrogen and oxygen atoms in total. The molecule has 1 aliphatic rings. The molecule has 0 aliphatic carbocycles. The average molecular weight is 329 g/mol. The first-order valence-electron chi connectivity index (χ1n) is 5.32. The summed E-state index contributed by atoms with van der Waals surface area (Å²) in [5.74, 6) is -1.75. The van der Waals surface area contributed by atoms with Crippen molar-refractivity contribution in [3.8, 4) is 0 Å². The number of rotatable bonds is 4. The summed E-state index contributed by atoms with van der Waals surface area (Å²) >= 11 is 7.70. The topological polar surface area (TPSA) is 109 Å². The Balaban J connectivity index is 0.000000362. The zero-order chi connectivity index (χ0) is 15.2. The van der Waals surface area contributed by atoms with Crippen LogP contribution in [0.4, 0.5) is 0 Å². The van der Waals surface area contributed by atoms with Gasteiger partial charge in [0, 0.05) is 24.5 Å². The van der Waals surface area contributed by atoms with Crippen LogP contribution in [0.15, 0.2) is 0 Å². The van der Waals surface area contributed by atoms with Crippen molar-refractivity contribution < 1.29 is 27.4 Å². The van der Waals surface area contributed by atoms with E-state index in [4.69, 9.17) is 4.55 Å². The van der Waals surface area contributed by atoms with Crippen LogP contribution < -0.4 is 0 Å². The van der Waals surface area contributed by atoms with Crippen LogP contribution in [0.25, 0.3) is 0 Å². The largest absolute Gasteiger partial charge is 0.368 e. The molecule has 0 aromatic heterocycles. The van der Waals surface area contributed by atoms with Gasteiger partial charge in [-0.25, -0.2) is 0 Å². The second-order valence-corrected chi connectivity index (χ2v) is 6.18. The smallest absolute Gasteiger partial charge is 0.287 e. The SMILES string of the molecule is CCC(S)CC(=O)S.O=C1CCC(=O)N1S(=O)(=O)O. The van der Waals surface area contributed by atoms with E-state index < -0.39 is 22.1 Å². The van der Waals surface area contributed by atoms with Crippen LogP contribution in [0.3, 0.4) is 0 Å².